The summed E-state index contributed by atoms with van der Waals surface area (Å²) in [7, 11) is 0. The lowest BCUT2D eigenvalue weighted by molar-refractivity contribution is 0.494. The molecule has 15 heavy (non-hydrogen) atoms. The average molecular weight is 223 g/mol. The smallest absolute Gasteiger partial charge is 0.131 e. The molecule has 2 nitrogen and oxygen atoms in total. The molecule has 0 bridgehead atoms. The van der Waals surface area contributed by atoms with Gasteiger partial charge >= 0.3 is 0 Å². The van der Waals surface area contributed by atoms with Gasteiger partial charge in [-0.15, -0.1) is 0 Å². The first kappa shape index (κ1) is 9.46. The van der Waals surface area contributed by atoms with E-state index in [1.165, 1.54) is 32.4 Å². The van der Waals surface area contributed by atoms with E-state index in [2.05, 4.69) is 16.0 Å². The van der Waals surface area contributed by atoms with Crippen LogP contribution in [0.15, 0.2) is 18.2 Å². The lowest BCUT2D eigenvalue weighted by Gasteiger charge is -2.18. The van der Waals surface area contributed by atoms with Gasteiger partial charge in [0.15, 0.2) is 0 Å². The van der Waals surface area contributed by atoms with Crippen molar-refractivity contribution < 1.29 is 0 Å². The number of fused-ring (bicyclic) bond motifs is 1. The van der Waals surface area contributed by atoms with Gasteiger partial charge in [-0.1, -0.05) is 24.1 Å². The van der Waals surface area contributed by atoms with Gasteiger partial charge in [0.1, 0.15) is 11.0 Å². The zero-order valence-electron chi connectivity index (χ0n) is 8.69. The van der Waals surface area contributed by atoms with Gasteiger partial charge < -0.3 is 4.90 Å². The van der Waals surface area contributed by atoms with Crippen molar-refractivity contribution in [2.24, 2.45) is 11.8 Å². The first-order valence-corrected chi connectivity index (χ1v) is 6.08. The molecule has 1 aliphatic heterocycles. The maximum absolute atomic E-state index is 5.91. The Labute approximate surface area is 95.3 Å². The van der Waals surface area contributed by atoms with Crippen LogP contribution in [-0.4, -0.2) is 18.1 Å². The molecule has 2 unspecified atom stereocenters. The fourth-order valence-electron chi connectivity index (χ4n) is 3.00. The standard InChI is InChI=1S/C12H15ClN2/c13-11-5-2-6-12(14-11)15-7-9-3-1-4-10(9)8-15/h2,5-6,9-10H,1,3-4,7-8H2. The summed E-state index contributed by atoms with van der Waals surface area (Å²) in [4.78, 5) is 6.76. The molecule has 1 saturated heterocycles. The normalized spacial score (nSPS) is 29.5. The van der Waals surface area contributed by atoms with Crippen LogP contribution >= 0.6 is 11.6 Å². The Bertz CT molecular complexity index is 354. The Morgan fingerprint density at radius 1 is 1.20 bits per heavy atom. The third-order valence-corrected chi connectivity index (χ3v) is 3.96. The van der Waals surface area contributed by atoms with Crippen molar-refractivity contribution in [3.8, 4) is 0 Å². The average Bonchev–Trinajstić information content (AvgIpc) is 2.76. The highest BCUT2D eigenvalue weighted by Gasteiger charge is 2.36. The van der Waals surface area contributed by atoms with E-state index >= 15 is 0 Å². The first-order chi connectivity index (χ1) is 7.33. The number of aromatic nitrogens is 1. The summed E-state index contributed by atoms with van der Waals surface area (Å²) in [6.45, 7) is 2.36. The highest BCUT2D eigenvalue weighted by Crippen LogP contribution is 2.39. The molecular weight excluding hydrogens is 208 g/mol. The van der Waals surface area contributed by atoms with E-state index in [0.29, 0.717) is 5.15 Å². The third-order valence-electron chi connectivity index (χ3n) is 3.75. The summed E-state index contributed by atoms with van der Waals surface area (Å²) in [5.41, 5.74) is 0. The van der Waals surface area contributed by atoms with Gasteiger partial charge in [-0.25, -0.2) is 4.98 Å². The molecule has 2 heterocycles. The van der Waals surface area contributed by atoms with Gasteiger partial charge in [-0.05, 0) is 36.8 Å². The Hall–Kier alpha value is -0.760. The number of pyridine rings is 1. The van der Waals surface area contributed by atoms with E-state index in [1.807, 2.05) is 12.1 Å². The maximum atomic E-state index is 5.91. The summed E-state index contributed by atoms with van der Waals surface area (Å²) in [6.07, 6.45) is 4.23. The van der Waals surface area contributed by atoms with E-state index in [1.54, 1.807) is 0 Å². The monoisotopic (exact) mass is 222 g/mol. The minimum atomic E-state index is 0.601. The van der Waals surface area contributed by atoms with Crippen LogP contribution in [0.2, 0.25) is 5.15 Å². The molecule has 3 heteroatoms. The molecule has 2 atom stereocenters. The van der Waals surface area contributed by atoms with Crippen molar-refractivity contribution in [2.75, 3.05) is 18.0 Å². The zero-order chi connectivity index (χ0) is 10.3. The van der Waals surface area contributed by atoms with Crippen LogP contribution in [0.1, 0.15) is 19.3 Å². The van der Waals surface area contributed by atoms with E-state index in [0.717, 1.165) is 17.7 Å². The lowest BCUT2D eigenvalue weighted by Crippen LogP contribution is -2.21. The van der Waals surface area contributed by atoms with Gasteiger partial charge in [0.05, 0.1) is 0 Å². The molecule has 1 aromatic rings. The fraction of sp³-hybridized carbons (Fsp3) is 0.583. The number of nitrogens with zero attached hydrogens (tertiary/aromatic N) is 2. The molecule has 1 aliphatic carbocycles. The largest absolute Gasteiger partial charge is 0.356 e. The number of hydrogen-bond acceptors (Lipinski definition) is 2. The molecular formula is C12H15ClN2. The highest BCUT2D eigenvalue weighted by molar-refractivity contribution is 6.29. The number of anilines is 1. The quantitative estimate of drug-likeness (QED) is 0.680. The van der Waals surface area contributed by atoms with Crippen molar-refractivity contribution in [1.29, 1.82) is 0 Å². The predicted octanol–water partition coefficient (Wildman–Crippen LogP) is 2.97. The van der Waals surface area contributed by atoms with E-state index in [4.69, 9.17) is 11.6 Å². The summed E-state index contributed by atoms with van der Waals surface area (Å²) in [5, 5.41) is 0.601. The summed E-state index contributed by atoms with van der Waals surface area (Å²) >= 11 is 5.91. The van der Waals surface area contributed by atoms with Crippen molar-refractivity contribution in [3.63, 3.8) is 0 Å². The van der Waals surface area contributed by atoms with Crippen molar-refractivity contribution in [2.45, 2.75) is 19.3 Å². The van der Waals surface area contributed by atoms with Crippen LogP contribution in [0.25, 0.3) is 0 Å². The molecule has 1 aromatic heterocycles. The molecule has 0 radical (unpaired) electrons. The summed E-state index contributed by atoms with van der Waals surface area (Å²) in [5.74, 6) is 2.87. The van der Waals surface area contributed by atoms with Crippen LogP contribution in [0.4, 0.5) is 5.82 Å². The molecule has 0 amide bonds. The van der Waals surface area contributed by atoms with Gasteiger partial charge in [-0.3, -0.25) is 0 Å². The van der Waals surface area contributed by atoms with Crippen LogP contribution in [0.5, 0.6) is 0 Å². The first-order valence-electron chi connectivity index (χ1n) is 5.70. The van der Waals surface area contributed by atoms with Crippen molar-refractivity contribution >= 4 is 17.4 Å². The van der Waals surface area contributed by atoms with E-state index < -0.39 is 0 Å². The minimum Gasteiger partial charge on any atom is -0.356 e. The van der Waals surface area contributed by atoms with Gasteiger partial charge in [0.2, 0.25) is 0 Å². The molecule has 0 aromatic carbocycles. The topological polar surface area (TPSA) is 16.1 Å². The fourth-order valence-corrected chi connectivity index (χ4v) is 3.16. The zero-order valence-corrected chi connectivity index (χ0v) is 9.45. The minimum absolute atomic E-state index is 0.601. The second kappa shape index (κ2) is 3.67. The highest BCUT2D eigenvalue weighted by atomic mass is 35.5. The number of rotatable bonds is 1. The Morgan fingerprint density at radius 2 is 1.93 bits per heavy atom. The van der Waals surface area contributed by atoms with E-state index in [-0.39, 0.29) is 0 Å². The SMILES string of the molecule is Clc1cccc(N2CC3CCCC3C2)n1. The lowest BCUT2D eigenvalue weighted by atomic mass is 10.0. The van der Waals surface area contributed by atoms with E-state index in [9.17, 15) is 0 Å². The van der Waals surface area contributed by atoms with Gasteiger partial charge in [0, 0.05) is 13.1 Å². The van der Waals surface area contributed by atoms with Crippen LogP contribution in [0.3, 0.4) is 0 Å². The summed E-state index contributed by atoms with van der Waals surface area (Å²) < 4.78 is 0. The van der Waals surface area contributed by atoms with Gasteiger partial charge in [0.25, 0.3) is 0 Å². The molecule has 2 aliphatic rings. The predicted molar refractivity (Wildman–Crippen MR) is 62.3 cm³/mol. The molecule has 0 N–H and O–H groups in total. The van der Waals surface area contributed by atoms with Crippen molar-refractivity contribution in [1.82, 2.24) is 4.98 Å². The third kappa shape index (κ3) is 1.71. The Balaban J connectivity index is 1.79. The van der Waals surface area contributed by atoms with Crippen LogP contribution in [-0.2, 0) is 0 Å². The Kier molecular flexibility index (Phi) is 2.32. The van der Waals surface area contributed by atoms with Crippen LogP contribution < -0.4 is 4.90 Å². The molecule has 3 rings (SSSR count). The Morgan fingerprint density at radius 3 is 2.60 bits per heavy atom. The second-order valence-electron chi connectivity index (χ2n) is 4.67. The molecule has 1 saturated carbocycles. The molecule has 2 fully saturated rings. The second-order valence-corrected chi connectivity index (χ2v) is 5.06. The molecule has 0 spiro atoms. The number of halogens is 1. The summed E-state index contributed by atoms with van der Waals surface area (Å²) in [6, 6.07) is 5.88. The molecule has 80 valence electrons. The number of hydrogen-bond donors (Lipinski definition) is 0. The van der Waals surface area contributed by atoms with Crippen molar-refractivity contribution in [3.05, 3.63) is 23.4 Å². The maximum Gasteiger partial charge on any atom is 0.131 e. The van der Waals surface area contributed by atoms with Gasteiger partial charge in [-0.2, -0.15) is 0 Å². The van der Waals surface area contributed by atoms with Crippen LogP contribution in [0, 0.1) is 11.8 Å².